The van der Waals surface area contributed by atoms with Crippen molar-refractivity contribution in [3.8, 4) is 0 Å². The van der Waals surface area contributed by atoms with Crippen LogP contribution >= 0.6 is 11.3 Å². The SMILES string of the molecule is CCc1ccc(C(=O)CCC2CCCCC2)s1. The summed E-state index contributed by atoms with van der Waals surface area (Å²) >= 11 is 1.68. The number of Topliss-reactive ketones (excluding diaryl/α,β-unsaturated/α-hetero) is 1. The fourth-order valence-electron chi connectivity index (χ4n) is 2.65. The third-order valence-electron chi connectivity index (χ3n) is 3.79. The lowest BCUT2D eigenvalue weighted by molar-refractivity contribution is 0.0974. The van der Waals surface area contributed by atoms with Gasteiger partial charge in [-0.15, -0.1) is 11.3 Å². The largest absolute Gasteiger partial charge is 0.293 e. The van der Waals surface area contributed by atoms with Gasteiger partial charge in [-0.1, -0.05) is 39.0 Å². The molecule has 0 spiro atoms. The van der Waals surface area contributed by atoms with E-state index < -0.39 is 0 Å². The lowest BCUT2D eigenvalue weighted by atomic mass is 9.85. The second-order valence-corrected chi connectivity index (χ2v) is 6.25. The van der Waals surface area contributed by atoms with Crippen LogP contribution < -0.4 is 0 Å². The minimum Gasteiger partial charge on any atom is -0.293 e. The summed E-state index contributed by atoms with van der Waals surface area (Å²) in [6.45, 7) is 2.14. The summed E-state index contributed by atoms with van der Waals surface area (Å²) in [5.74, 6) is 1.18. The van der Waals surface area contributed by atoms with E-state index in [1.54, 1.807) is 11.3 Å². The first-order valence-corrected chi connectivity index (χ1v) is 7.73. The fourth-order valence-corrected chi connectivity index (χ4v) is 3.57. The first-order chi connectivity index (χ1) is 8.29. The maximum Gasteiger partial charge on any atom is 0.172 e. The van der Waals surface area contributed by atoms with Gasteiger partial charge >= 0.3 is 0 Å². The number of hydrogen-bond donors (Lipinski definition) is 0. The molecule has 0 aromatic carbocycles. The Labute approximate surface area is 108 Å². The number of rotatable bonds is 5. The quantitative estimate of drug-likeness (QED) is 0.682. The standard InChI is InChI=1S/C15H22OS/c1-2-13-9-11-15(17-13)14(16)10-8-12-6-4-3-5-7-12/h9,11-12H,2-8,10H2,1H3. The van der Waals surface area contributed by atoms with Crippen molar-refractivity contribution in [3.63, 3.8) is 0 Å². The highest BCUT2D eigenvalue weighted by Crippen LogP contribution is 2.28. The number of thiophene rings is 1. The highest BCUT2D eigenvalue weighted by Gasteiger charge is 2.16. The minimum absolute atomic E-state index is 0.361. The van der Waals surface area contributed by atoms with Crippen LogP contribution in [0, 0.1) is 5.92 Å². The highest BCUT2D eigenvalue weighted by atomic mass is 32.1. The van der Waals surface area contributed by atoms with Crippen LogP contribution in [0.1, 0.15) is 66.4 Å². The maximum absolute atomic E-state index is 12.0. The van der Waals surface area contributed by atoms with Crippen LogP contribution in [0.3, 0.4) is 0 Å². The second kappa shape index (κ2) is 6.34. The van der Waals surface area contributed by atoms with Crippen LogP contribution in [0.25, 0.3) is 0 Å². The van der Waals surface area contributed by atoms with E-state index in [9.17, 15) is 4.79 Å². The molecule has 1 heterocycles. The molecule has 0 aliphatic heterocycles. The van der Waals surface area contributed by atoms with Gasteiger partial charge in [0, 0.05) is 11.3 Å². The topological polar surface area (TPSA) is 17.1 Å². The Morgan fingerprint density at radius 2 is 2.06 bits per heavy atom. The molecule has 2 heteroatoms. The zero-order valence-corrected chi connectivity index (χ0v) is 11.5. The molecule has 1 saturated carbocycles. The van der Waals surface area contributed by atoms with E-state index in [2.05, 4.69) is 13.0 Å². The van der Waals surface area contributed by atoms with Gasteiger partial charge < -0.3 is 0 Å². The van der Waals surface area contributed by atoms with Crippen LogP contribution in [0.2, 0.25) is 0 Å². The highest BCUT2D eigenvalue weighted by molar-refractivity contribution is 7.14. The molecule has 0 bridgehead atoms. The Morgan fingerprint density at radius 1 is 1.29 bits per heavy atom. The van der Waals surface area contributed by atoms with E-state index in [4.69, 9.17) is 0 Å². The van der Waals surface area contributed by atoms with Gasteiger partial charge in [0.05, 0.1) is 4.88 Å². The molecule has 1 aromatic heterocycles. The van der Waals surface area contributed by atoms with Crippen molar-refractivity contribution in [2.24, 2.45) is 5.92 Å². The number of carbonyl (C=O) groups excluding carboxylic acids is 1. The van der Waals surface area contributed by atoms with Crippen molar-refractivity contribution in [1.82, 2.24) is 0 Å². The number of carbonyl (C=O) groups is 1. The third kappa shape index (κ3) is 3.67. The zero-order chi connectivity index (χ0) is 12.1. The Balaban J connectivity index is 1.80. The third-order valence-corrected chi connectivity index (χ3v) is 5.06. The number of ketones is 1. The van der Waals surface area contributed by atoms with Crippen molar-refractivity contribution >= 4 is 17.1 Å². The predicted molar refractivity (Wildman–Crippen MR) is 73.8 cm³/mol. The van der Waals surface area contributed by atoms with Crippen molar-refractivity contribution < 1.29 is 4.79 Å². The summed E-state index contributed by atoms with van der Waals surface area (Å²) in [4.78, 5) is 14.3. The Hall–Kier alpha value is -0.630. The average molecular weight is 250 g/mol. The molecule has 0 saturated heterocycles. The van der Waals surface area contributed by atoms with Crippen molar-refractivity contribution in [2.45, 2.75) is 58.3 Å². The van der Waals surface area contributed by atoms with Crippen LogP contribution in [-0.2, 0) is 6.42 Å². The smallest absolute Gasteiger partial charge is 0.172 e. The van der Waals surface area contributed by atoms with E-state index in [1.165, 1.54) is 37.0 Å². The van der Waals surface area contributed by atoms with E-state index in [0.29, 0.717) is 5.78 Å². The molecule has 94 valence electrons. The summed E-state index contributed by atoms with van der Waals surface area (Å²) in [7, 11) is 0. The molecule has 1 aliphatic carbocycles. The number of aryl methyl sites for hydroxylation is 1. The second-order valence-electron chi connectivity index (χ2n) is 5.09. The van der Waals surface area contributed by atoms with Gasteiger partial charge in [0.2, 0.25) is 0 Å². The molecule has 2 rings (SSSR count). The van der Waals surface area contributed by atoms with Gasteiger partial charge in [0.25, 0.3) is 0 Å². The van der Waals surface area contributed by atoms with Crippen molar-refractivity contribution in [3.05, 3.63) is 21.9 Å². The lowest BCUT2D eigenvalue weighted by Crippen LogP contribution is -2.08. The average Bonchev–Trinajstić information content (AvgIpc) is 2.86. The monoisotopic (exact) mass is 250 g/mol. The molecular weight excluding hydrogens is 228 g/mol. The Bertz CT molecular complexity index is 361. The van der Waals surface area contributed by atoms with E-state index in [-0.39, 0.29) is 0 Å². The van der Waals surface area contributed by atoms with Crippen LogP contribution in [0.4, 0.5) is 0 Å². The Morgan fingerprint density at radius 3 is 2.71 bits per heavy atom. The van der Waals surface area contributed by atoms with E-state index >= 15 is 0 Å². The first-order valence-electron chi connectivity index (χ1n) is 6.91. The molecule has 0 N–H and O–H groups in total. The molecule has 17 heavy (non-hydrogen) atoms. The van der Waals surface area contributed by atoms with Gasteiger partial charge in [-0.05, 0) is 30.9 Å². The summed E-state index contributed by atoms with van der Waals surface area (Å²) in [5, 5.41) is 0. The zero-order valence-electron chi connectivity index (χ0n) is 10.7. The fraction of sp³-hybridized carbons (Fsp3) is 0.667. The molecule has 1 fully saturated rings. The van der Waals surface area contributed by atoms with Gasteiger partial charge in [-0.3, -0.25) is 4.79 Å². The van der Waals surface area contributed by atoms with Crippen LogP contribution in [0.15, 0.2) is 12.1 Å². The van der Waals surface area contributed by atoms with Gasteiger partial charge in [0.1, 0.15) is 0 Å². The molecular formula is C15H22OS. The van der Waals surface area contributed by atoms with E-state index in [1.807, 2.05) is 6.07 Å². The molecule has 0 atom stereocenters. The molecule has 1 nitrogen and oxygen atoms in total. The molecule has 0 unspecified atom stereocenters. The molecule has 1 aromatic rings. The van der Waals surface area contributed by atoms with Crippen LogP contribution in [0.5, 0.6) is 0 Å². The summed E-state index contributed by atoms with van der Waals surface area (Å²) < 4.78 is 0. The molecule has 1 aliphatic rings. The van der Waals surface area contributed by atoms with Gasteiger partial charge in [-0.2, -0.15) is 0 Å². The van der Waals surface area contributed by atoms with Crippen LogP contribution in [-0.4, -0.2) is 5.78 Å². The normalized spacial score (nSPS) is 17.2. The van der Waals surface area contributed by atoms with Crippen molar-refractivity contribution in [2.75, 3.05) is 0 Å². The summed E-state index contributed by atoms with van der Waals surface area (Å²) in [5.41, 5.74) is 0. The van der Waals surface area contributed by atoms with Crippen molar-refractivity contribution in [1.29, 1.82) is 0 Å². The molecule has 0 amide bonds. The minimum atomic E-state index is 0.361. The predicted octanol–water partition coefficient (Wildman–Crippen LogP) is 4.85. The van der Waals surface area contributed by atoms with Gasteiger partial charge in [-0.25, -0.2) is 0 Å². The maximum atomic E-state index is 12.0. The summed E-state index contributed by atoms with van der Waals surface area (Å²) in [6.07, 6.45) is 9.74. The number of hydrogen-bond acceptors (Lipinski definition) is 2. The summed E-state index contributed by atoms with van der Waals surface area (Å²) in [6, 6.07) is 4.10. The van der Waals surface area contributed by atoms with E-state index in [0.717, 1.165) is 30.1 Å². The lowest BCUT2D eigenvalue weighted by Gasteiger charge is -2.20. The first kappa shape index (κ1) is 12.8. The van der Waals surface area contributed by atoms with Gasteiger partial charge in [0.15, 0.2) is 5.78 Å². The molecule has 0 radical (unpaired) electrons. The Kier molecular flexibility index (Phi) is 4.78.